The number of carbonyl (C=O) groups excluding carboxylic acids is 2. The monoisotopic (exact) mass is 315 g/mol. The zero-order valence-corrected chi connectivity index (χ0v) is 13.1. The fourth-order valence-electron chi connectivity index (χ4n) is 2.22. The number of nitrogens with one attached hydrogen (secondary N) is 1. The molecule has 0 saturated carbocycles. The number of amides is 1. The first-order valence-electron chi connectivity index (χ1n) is 7.16. The van der Waals surface area contributed by atoms with Crippen molar-refractivity contribution in [2.45, 2.75) is 19.3 Å². The Morgan fingerprint density at radius 1 is 1.09 bits per heavy atom. The van der Waals surface area contributed by atoms with Crippen LogP contribution >= 0.6 is 11.6 Å². The molecule has 2 aromatic rings. The van der Waals surface area contributed by atoms with Gasteiger partial charge in [-0.25, -0.2) is 0 Å². The van der Waals surface area contributed by atoms with Crippen LogP contribution in [-0.2, 0) is 4.79 Å². The van der Waals surface area contributed by atoms with E-state index in [0.29, 0.717) is 17.0 Å². The van der Waals surface area contributed by atoms with Gasteiger partial charge in [-0.15, -0.1) is 0 Å². The van der Waals surface area contributed by atoms with Gasteiger partial charge in [0.2, 0.25) is 0 Å². The normalized spacial score (nSPS) is 11.7. The molecule has 2 aromatic carbocycles. The number of rotatable bonds is 6. The van der Waals surface area contributed by atoms with Crippen LogP contribution < -0.4 is 5.32 Å². The molecule has 0 saturated heterocycles. The van der Waals surface area contributed by atoms with Gasteiger partial charge in [0.25, 0.3) is 5.91 Å². The van der Waals surface area contributed by atoms with Gasteiger partial charge >= 0.3 is 0 Å². The topological polar surface area (TPSA) is 46.2 Å². The molecule has 1 atom stereocenters. The molecule has 3 nitrogen and oxygen atoms in total. The number of ketones is 1. The van der Waals surface area contributed by atoms with Crippen LogP contribution in [-0.4, -0.2) is 18.2 Å². The highest BCUT2D eigenvalue weighted by Crippen LogP contribution is 2.18. The molecule has 22 heavy (non-hydrogen) atoms. The Labute approximate surface area is 135 Å². The standard InChI is InChI=1S/C18H18ClNO2/c1-13(14-6-3-2-4-7-14)10-17(21)12-20-18(22)15-8-5-9-16(19)11-15/h2-9,11,13H,10,12H2,1H3,(H,20,22)/t13-/m1/s1. The third-order valence-electron chi connectivity index (χ3n) is 3.44. The third kappa shape index (κ3) is 4.71. The second kappa shape index (κ2) is 7.76. The molecule has 0 unspecified atom stereocenters. The van der Waals surface area contributed by atoms with E-state index in [-0.39, 0.29) is 24.2 Å². The average Bonchev–Trinajstić information content (AvgIpc) is 2.53. The lowest BCUT2D eigenvalue weighted by Crippen LogP contribution is -2.30. The number of halogens is 1. The zero-order chi connectivity index (χ0) is 15.9. The van der Waals surface area contributed by atoms with Crippen molar-refractivity contribution in [1.82, 2.24) is 5.32 Å². The van der Waals surface area contributed by atoms with E-state index in [1.54, 1.807) is 24.3 Å². The van der Waals surface area contributed by atoms with E-state index in [0.717, 1.165) is 5.56 Å². The molecule has 1 N–H and O–H groups in total. The second-order valence-electron chi connectivity index (χ2n) is 5.25. The fourth-order valence-corrected chi connectivity index (χ4v) is 2.41. The zero-order valence-electron chi connectivity index (χ0n) is 12.4. The van der Waals surface area contributed by atoms with Crippen molar-refractivity contribution >= 4 is 23.3 Å². The molecule has 0 heterocycles. The lowest BCUT2D eigenvalue weighted by Gasteiger charge is -2.11. The smallest absolute Gasteiger partial charge is 0.251 e. The number of hydrogen-bond donors (Lipinski definition) is 1. The minimum atomic E-state index is -0.289. The quantitative estimate of drug-likeness (QED) is 0.880. The summed E-state index contributed by atoms with van der Waals surface area (Å²) >= 11 is 5.84. The van der Waals surface area contributed by atoms with Gasteiger partial charge in [-0.3, -0.25) is 9.59 Å². The molecule has 0 aromatic heterocycles. The van der Waals surface area contributed by atoms with Crippen LogP contribution in [0.3, 0.4) is 0 Å². The van der Waals surface area contributed by atoms with Gasteiger partial charge in [0.05, 0.1) is 6.54 Å². The van der Waals surface area contributed by atoms with E-state index < -0.39 is 0 Å². The molecule has 0 aliphatic carbocycles. The molecule has 4 heteroatoms. The lowest BCUT2D eigenvalue weighted by molar-refractivity contribution is -0.118. The Morgan fingerprint density at radius 3 is 2.50 bits per heavy atom. The predicted octanol–water partition coefficient (Wildman–Crippen LogP) is 3.83. The molecule has 0 aliphatic heterocycles. The van der Waals surface area contributed by atoms with E-state index in [4.69, 9.17) is 11.6 Å². The number of benzene rings is 2. The molecule has 114 valence electrons. The van der Waals surface area contributed by atoms with Crippen molar-refractivity contribution in [2.24, 2.45) is 0 Å². The first kappa shape index (κ1) is 16.2. The van der Waals surface area contributed by atoms with Crippen LogP contribution in [0.4, 0.5) is 0 Å². The van der Waals surface area contributed by atoms with E-state index >= 15 is 0 Å². The van der Waals surface area contributed by atoms with Crippen LogP contribution in [0, 0.1) is 0 Å². The summed E-state index contributed by atoms with van der Waals surface area (Å²) in [5, 5.41) is 3.13. The summed E-state index contributed by atoms with van der Waals surface area (Å²) in [7, 11) is 0. The largest absolute Gasteiger partial charge is 0.345 e. The van der Waals surface area contributed by atoms with Crippen LogP contribution in [0.25, 0.3) is 0 Å². The Morgan fingerprint density at radius 2 is 1.82 bits per heavy atom. The predicted molar refractivity (Wildman–Crippen MR) is 88.3 cm³/mol. The van der Waals surface area contributed by atoms with E-state index in [2.05, 4.69) is 5.32 Å². The first-order chi connectivity index (χ1) is 10.6. The Bertz CT molecular complexity index is 655. The third-order valence-corrected chi connectivity index (χ3v) is 3.67. The van der Waals surface area contributed by atoms with Crippen molar-refractivity contribution in [3.8, 4) is 0 Å². The maximum atomic E-state index is 12.0. The Balaban J connectivity index is 1.84. The van der Waals surface area contributed by atoms with Gasteiger partial charge in [-0.2, -0.15) is 0 Å². The summed E-state index contributed by atoms with van der Waals surface area (Å²) in [6.45, 7) is 2.04. The van der Waals surface area contributed by atoms with Crippen LogP contribution in [0.1, 0.15) is 35.2 Å². The molecule has 0 radical (unpaired) electrons. The van der Waals surface area contributed by atoms with E-state index in [1.165, 1.54) is 0 Å². The summed E-state index contributed by atoms with van der Waals surface area (Å²) < 4.78 is 0. The molecule has 0 aliphatic rings. The maximum Gasteiger partial charge on any atom is 0.251 e. The highest BCUT2D eigenvalue weighted by Gasteiger charge is 2.13. The number of carbonyl (C=O) groups is 2. The van der Waals surface area contributed by atoms with Crippen molar-refractivity contribution in [1.29, 1.82) is 0 Å². The summed E-state index contributed by atoms with van der Waals surface area (Å²) in [6.07, 6.45) is 0.403. The SMILES string of the molecule is C[C@H](CC(=O)CNC(=O)c1cccc(Cl)c1)c1ccccc1. The van der Waals surface area contributed by atoms with Gasteiger partial charge in [-0.05, 0) is 29.7 Å². The first-order valence-corrected chi connectivity index (χ1v) is 7.54. The van der Waals surface area contributed by atoms with E-state index in [9.17, 15) is 9.59 Å². The summed E-state index contributed by atoms with van der Waals surface area (Å²) in [5.74, 6) is -0.147. The average molecular weight is 316 g/mol. The van der Waals surface area contributed by atoms with Crippen LogP contribution in [0.5, 0.6) is 0 Å². The minimum Gasteiger partial charge on any atom is -0.345 e. The Kier molecular flexibility index (Phi) is 5.73. The fraction of sp³-hybridized carbons (Fsp3) is 0.222. The van der Waals surface area contributed by atoms with Crippen molar-refractivity contribution in [3.63, 3.8) is 0 Å². The summed E-state index contributed by atoms with van der Waals surface area (Å²) in [6, 6.07) is 16.5. The van der Waals surface area contributed by atoms with Gasteiger partial charge in [0, 0.05) is 17.0 Å². The lowest BCUT2D eigenvalue weighted by atomic mass is 9.96. The molecular weight excluding hydrogens is 298 g/mol. The van der Waals surface area contributed by atoms with Gasteiger partial charge in [0.15, 0.2) is 5.78 Å². The van der Waals surface area contributed by atoms with Gasteiger partial charge < -0.3 is 5.32 Å². The second-order valence-corrected chi connectivity index (χ2v) is 5.68. The summed E-state index contributed by atoms with van der Waals surface area (Å²) in [5.41, 5.74) is 1.58. The van der Waals surface area contributed by atoms with Crippen LogP contribution in [0.2, 0.25) is 5.02 Å². The minimum absolute atomic E-state index is 0.00623. The number of Topliss-reactive ketones (excluding diaryl/α,β-unsaturated/α-hetero) is 1. The molecule has 0 bridgehead atoms. The Hall–Kier alpha value is -2.13. The highest BCUT2D eigenvalue weighted by molar-refractivity contribution is 6.30. The molecule has 0 fully saturated rings. The molecular formula is C18H18ClNO2. The van der Waals surface area contributed by atoms with Crippen molar-refractivity contribution in [3.05, 3.63) is 70.7 Å². The van der Waals surface area contributed by atoms with E-state index in [1.807, 2.05) is 37.3 Å². The molecule has 2 rings (SSSR count). The molecule has 1 amide bonds. The van der Waals surface area contributed by atoms with Gasteiger partial charge in [-0.1, -0.05) is 54.9 Å². The van der Waals surface area contributed by atoms with Crippen LogP contribution in [0.15, 0.2) is 54.6 Å². The number of hydrogen-bond acceptors (Lipinski definition) is 2. The highest BCUT2D eigenvalue weighted by atomic mass is 35.5. The summed E-state index contributed by atoms with van der Waals surface area (Å²) in [4.78, 5) is 23.9. The maximum absolute atomic E-state index is 12.0. The molecule has 0 spiro atoms. The van der Waals surface area contributed by atoms with Crippen molar-refractivity contribution < 1.29 is 9.59 Å². The van der Waals surface area contributed by atoms with Crippen molar-refractivity contribution in [2.75, 3.05) is 6.54 Å². The van der Waals surface area contributed by atoms with Gasteiger partial charge in [0.1, 0.15) is 0 Å².